The van der Waals surface area contributed by atoms with Crippen molar-refractivity contribution in [1.82, 2.24) is 15.1 Å². The number of aryl methyl sites for hydroxylation is 1. The molecule has 1 aromatic heterocycles. The van der Waals surface area contributed by atoms with Crippen LogP contribution >= 0.6 is 0 Å². The first kappa shape index (κ1) is 12.7. The molecule has 1 N–H and O–H groups in total. The van der Waals surface area contributed by atoms with Crippen LogP contribution in [-0.4, -0.2) is 9.78 Å². The molecule has 0 radical (unpaired) electrons. The van der Waals surface area contributed by atoms with Gasteiger partial charge in [-0.3, -0.25) is 4.68 Å². The first-order valence-corrected chi connectivity index (χ1v) is 5.71. The minimum atomic E-state index is -0.556. The molecule has 0 aliphatic rings. The molecule has 1 heterocycles. The first-order valence-electron chi connectivity index (χ1n) is 5.71. The van der Waals surface area contributed by atoms with Crippen molar-refractivity contribution in [2.45, 2.75) is 19.5 Å². The van der Waals surface area contributed by atoms with Gasteiger partial charge in [-0.15, -0.1) is 0 Å². The lowest BCUT2D eigenvalue weighted by molar-refractivity contribution is 0.545. The Balaban J connectivity index is 2.01. The van der Waals surface area contributed by atoms with Crippen molar-refractivity contribution in [3.8, 4) is 0 Å². The van der Waals surface area contributed by atoms with Gasteiger partial charge in [-0.1, -0.05) is 0 Å². The molecule has 1 unspecified atom stereocenters. The summed E-state index contributed by atoms with van der Waals surface area (Å²) in [6.45, 7) is 2.47. The average molecular weight is 251 g/mol. The van der Waals surface area contributed by atoms with Crippen molar-refractivity contribution < 1.29 is 8.78 Å². The summed E-state index contributed by atoms with van der Waals surface area (Å²) in [5.41, 5.74) is 1.62. The van der Waals surface area contributed by atoms with Crippen LogP contribution in [0.2, 0.25) is 0 Å². The van der Waals surface area contributed by atoms with E-state index in [1.807, 2.05) is 20.2 Å². The van der Waals surface area contributed by atoms with Gasteiger partial charge in [0.25, 0.3) is 0 Å². The van der Waals surface area contributed by atoms with Crippen LogP contribution in [0, 0.1) is 11.6 Å². The maximum absolute atomic E-state index is 13.1. The topological polar surface area (TPSA) is 29.9 Å². The molecule has 2 aromatic rings. The van der Waals surface area contributed by atoms with E-state index < -0.39 is 11.6 Å². The van der Waals surface area contributed by atoms with E-state index in [1.54, 1.807) is 10.9 Å². The zero-order chi connectivity index (χ0) is 13.1. The third-order valence-corrected chi connectivity index (χ3v) is 2.76. The quantitative estimate of drug-likeness (QED) is 0.905. The summed E-state index contributed by atoms with van der Waals surface area (Å²) in [7, 11) is 1.84. The van der Waals surface area contributed by atoms with E-state index in [9.17, 15) is 8.78 Å². The van der Waals surface area contributed by atoms with E-state index in [1.165, 1.54) is 12.1 Å². The highest BCUT2D eigenvalue weighted by Gasteiger charge is 2.08. The van der Waals surface area contributed by atoms with E-state index in [0.717, 1.165) is 11.6 Å². The maximum atomic E-state index is 13.1. The zero-order valence-corrected chi connectivity index (χ0v) is 10.3. The molecule has 0 bridgehead atoms. The minimum Gasteiger partial charge on any atom is -0.306 e. The Hall–Kier alpha value is -1.75. The van der Waals surface area contributed by atoms with Gasteiger partial charge in [0.1, 0.15) is 11.6 Å². The van der Waals surface area contributed by atoms with Gasteiger partial charge in [-0.05, 0) is 24.6 Å². The van der Waals surface area contributed by atoms with E-state index in [2.05, 4.69) is 10.4 Å². The number of nitrogens with zero attached hydrogens (tertiary/aromatic N) is 2. The normalized spacial score (nSPS) is 12.7. The fourth-order valence-electron chi connectivity index (χ4n) is 1.78. The van der Waals surface area contributed by atoms with Crippen LogP contribution in [0.3, 0.4) is 0 Å². The predicted octanol–water partition coefficient (Wildman–Crippen LogP) is 2.55. The van der Waals surface area contributed by atoms with Crippen molar-refractivity contribution in [3.05, 3.63) is 53.4 Å². The molecular formula is C13H15F2N3. The Kier molecular flexibility index (Phi) is 3.72. The number of nitrogens with one attached hydrogen (secondary N) is 1. The molecule has 5 heteroatoms. The molecule has 18 heavy (non-hydrogen) atoms. The summed E-state index contributed by atoms with van der Waals surface area (Å²) in [6, 6.07) is 3.42. The maximum Gasteiger partial charge on any atom is 0.126 e. The van der Waals surface area contributed by atoms with Gasteiger partial charge in [0.15, 0.2) is 0 Å². The molecule has 1 atom stereocenters. The Bertz CT molecular complexity index is 517. The van der Waals surface area contributed by atoms with Gasteiger partial charge in [0.05, 0.1) is 6.20 Å². The summed E-state index contributed by atoms with van der Waals surface area (Å²) in [4.78, 5) is 0. The third kappa shape index (κ3) is 3.13. The Morgan fingerprint density at radius 2 is 1.94 bits per heavy atom. The third-order valence-electron chi connectivity index (χ3n) is 2.76. The molecule has 2 rings (SSSR count). The second kappa shape index (κ2) is 5.27. The molecule has 0 aliphatic carbocycles. The summed E-state index contributed by atoms with van der Waals surface area (Å²) in [5.74, 6) is -1.11. The molecule has 0 spiro atoms. The van der Waals surface area contributed by atoms with E-state index in [0.29, 0.717) is 12.1 Å². The predicted molar refractivity (Wildman–Crippen MR) is 64.8 cm³/mol. The highest BCUT2D eigenvalue weighted by molar-refractivity contribution is 5.21. The van der Waals surface area contributed by atoms with E-state index >= 15 is 0 Å². The summed E-state index contributed by atoms with van der Waals surface area (Å²) in [5, 5.41) is 7.25. The summed E-state index contributed by atoms with van der Waals surface area (Å²) >= 11 is 0. The highest BCUT2D eigenvalue weighted by atomic mass is 19.1. The molecular weight excluding hydrogens is 236 g/mol. The minimum absolute atomic E-state index is 0.129. The van der Waals surface area contributed by atoms with Crippen LogP contribution in [0.15, 0.2) is 30.6 Å². The number of rotatable bonds is 4. The monoisotopic (exact) mass is 251 g/mol. The molecule has 0 amide bonds. The number of hydrogen-bond donors (Lipinski definition) is 1. The summed E-state index contributed by atoms with van der Waals surface area (Å²) < 4.78 is 27.9. The lowest BCUT2D eigenvalue weighted by Gasteiger charge is -2.13. The van der Waals surface area contributed by atoms with Crippen LogP contribution in [0.1, 0.15) is 24.1 Å². The van der Waals surface area contributed by atoms with Crippen LogP contribution in [0.5, 0.6) is 0 Å². The van der Waals surface area contributed by atoms with Crippen LogP contribution in [0.25, 0.3) is 0 Å². The second-order valence-electron chi connectivity index (χ2n) is 4.33. The molecule has 0 fully saturated rings. The zero-order valence-electron chi connectivity index (χ0n) is 10.3. The lowest BCUT2D eigenvalue weighted by Crippen LogP contribution is -2.18. The molecule has 96 valence electrons. The SMILES string of the molecule is CC(NCc1cnn(C)c1)c1cc(F)cc(F)c1. The summed E-state index contributed by atoms with van der Waals surface area (Å²) in [6.07, 6.45) is 3.65. The van der Waals surface area contributed by atoms with E-state index in [4.69, 9.17) is 0 Å². The highest BCUT2D eigenvalue weighted by Crippen LogP contribution is 2.16. The molecule has 0 saturated carbocycles. The van der Waals surface area contributed by atoms with Gasteiger partial charge < -0.3 is 5.32 Å². The average Bonchev–Trinajstić information content (AvgIpc) is 2.70. The number of benzene rings is 1. The number of halogens is 2. The smallest absolute Gasteiger partial charge is 0.126 e. The Labute approximate surface area is 104 Å². The first-order chi connectivity index (χ1) is 8.54. The van der Waals surface area contributed by atoms with Crippen molar-refractivity contribution in [2.75, 3.05) is 0 Å². The van der Waals surface area contributed by atoms with Gasteiger partial charge in [-0.2, -0.15) is 5.10 Å². The molecule has 1 aromatic carbocycles. The molecule has 0 saturated heterocycles. The van der Waals surface area contributed by atoms with Crippen molar-refractivity contribution in [3.63, 3.8) is 0 Å². The Morgan fingerprint density at radius 1 is 1.28 bits per heavy atom. The van der Waals surface area contributed by atoms with Gasteiger partial charge in [0.2, 0.25) is 0 Å². The van der Waals surface area contributed by atoms with Crippen LogP contribution in [0.4, 0.5) is 8.78 Å². The van der Waals surface area contributed by atoms with Gasteiger partial charge >= 0.3 is 0 Å². The standard InChI is InChI=1S/C13H15F2N3/c1-9(11-3-12(14)5-13(15)4-11)16-6-10-7-17-18(2)8-10/h3-5,7-9,16H,6H2,1-2H3. The number of hydrogen-bond acceptors (Lipinski definition) is 2. The second-order valence-corrected chi connectivity index (χ2v) is 4.33. The lowest BCUT2D eigenvalue weighted by atomic mass is 10.1. The van der Waals surface area contributed by atoms with Gasteiger partial charge in [-0.25, -0.2) is 8.78 Å². The van der Waals surface area contributed by atoms with E-state index in [-0.39, 0.29) is 6.04 Å². The van der Waals surface area contributed by atoms with Crippen molar-refractivity contribution in [2.24, 2.45) is 7.05 Å². The molecule has 0 aliphatic heterocycles. The Morgan fingerprint density at radius 3 is 2.50 bits per heavy atom. The number of aromatic nitrogens is 2. The van der Waals surface area contributed by atoms with Crippen LogP contribution < -0.4 is 5.32 Å². The molecule has 3 nitrogen and oxygen atoms in total. The fourth-order valence-corrected chi connectivity index (χ4v) is 1.78. The van der Waals surface area contributed by atoms with Gasteiger partial charge in [0, 0.05) is 37.5 Å². The largest absolute Gasteiger partial charge is 0.306 e. The fraction of sp³-hybridized carbons (Fsp3) is 0.308. The van der Waals surface area contributed by atoms with Crippen LogP contribution in [-0.2, 0) is 13.6 Å². The van der Waals surface area contributed by atoms with Crippen molar-refractivity contribution >= 4 is 0 Å². The van der Waals surface area contributed by atoms with Crippen molar-refractivity contribution in [1.29, 1.82) is 0 Å².